The van der Waals surface area contributed by atoms with Crippen molar-refractivity contribution >= 4 is 5.91 Å². The van der Waals surface area contributed by atoms with Crippen LogP contribution in [0.1, 0.15) is 49.0 Å². The molecule has 2 rings (SSSR count). The fraction of sp³-hybridized carbons (Fsp3) is 0.611. The second kappa shape index (κ2) is 7.25. The van der Waals surface area contributed by atoms with Crippen molar-refractivity contribution in [2.24, 2.45) is 0 Å². The van der Waals surface area contributed by atoms with Crippen LogP contribution in [0.4, 0.5) is 0 Å². The van der Waals surface area contributed by atoms with Crippen LogP contribution in [0.15, 0.2) is 24.3 Å². The zero-order chi connectivity index (χ0) is 16.2. The Bertz CT molecular complexity index is 501. The van der Waals surface area contributed by atoms with Gasteiger partial charge in [-0.3, -0.25) is 4.79 Å². The number of hydrogen-bond donors (Lipinski definition) is 1. The van der Waals surface area contributed by atoms with Crippen LogP contribution >= 0.6 is 0 Å². The maximum atomic E-state index is 12.5. The fourth-order valence-corrected chi connectivity index (χ4v) is 2.71. The van der Waals surface area contributed by atoms with E-state index < -0.39 is 5.60 Å². The van der Waals surface area contributed by atoms with Crippen LogP contribution in [0.2, 0.25) is 0 Å². The molecule has 0 aromatic heterocycles. The summed E-state index contributed by atoms with van der Waals surface area (Å²) in [6, 6.07) is 7.69. The summed E-state index contributed by atoms with van der Waals surface area (Å²) in [5, 5.41) is 9.82. The molecular formula is C18H27NO3. The molecule has 1 fully saturated rings. The Kier molecular flexibility index (Phi) is 5.59. The predicted octanol–water partition coefficient (Wildman–Crippen LogP) is 2.64. The van der Waals surface area contributed by atoms with Gasteiger partial charge in [0.15, 0.2) is 0 Å². The average molecular weight is 305 g/mol. The zero-order valence-electron chi connectivity index (χ0n) is 13.8. The Morgan fingerprint density at radius 2 is 2.23 bits per heavy atom. The molecule has 122 valence electrons. The van der Waals surface area contributed by atoms with Crippen LogP contribution in [0, 0.1) is 0 Å². The first kappa shape index (κ1) is 17.0. The van der Waals surface area contributed by atoms with Crippen LogP contribution in [0.3, 0.4) is 0 Å². The molecule has 1 N–H and O–H groups in total. The summed E-state index contributed by atoms with van der Waals surface area (Å²) in [6.07, 6.45) is 3.73. The fourth-order valence-electron chi connectivity index (χ4n) is 2.71. The normalized spacial score (nSPS) is 18.5. The monoisotopic (exact) mass is 305 g/mol. The van der Waals surface area contributed by atoms with Crippen molar-refractivity contribution in [2.45, 2.75) is 51.2 Å². The number of aliphatic hydroxyl groups is 1. The van der Waals surface area contributed by atoms with E-state index in [0.717, 1.165) is 31.4 Å². The number of rotatable bonds is 6. The van der Waals surface area contributed by atoms with E-state index in [4.69, 9.17) is 4.74 Å². The van der Waals surface area contributed by atoms with E-state index in [1.165, 1.54) is 0 Å². The summed E-state index contributed by atoms with van der Waals surface area (Å²) in [7, 11) is 1.83. The van der Waals surface area contributed by atoms with E-state index in [1.807, 2.05) is 31.3 Å². The smallest absolute Gasteiger partial charge is 0.253 e. The molecule has 0 spiro atoms. The van der Waals surface area contributed by atoms with Gasteiger partial charge in [-0.25, -0.2) is 0 Å². The maximum Gasteiger partial charge on any atom is 0.253 e. The van der Waals surface area contributed by atoms with Gasteiger partial charge in [-0.15, -0.1) is 0 Å². The van der Waals surface area contributed by atoms with Gasteiger partial charge < -0.3 is 14.7 Å². The van der Waals surface area contributed by atoms with Gasteiger partial charge in [0, 0.05) is 25.8 Å². The maximum absolute atomic E-state index is 12.5. The van der Waals surface area contributed by atoms with Crippen LogP contribution in [0.25, 0.3) is 0 Å². The van der Waals surface area contributed by atoms with Crippen LogP contribution < -0.4 is 0 Å². The van der Waals surface area contributed by atoms with Gasteiger partial charge in [0.1, 0.15) is 0 Å². The first-order valence-electron chi connectivity index (χ1n) is 8.03. The molecule has 0 radical (unpaired) electrons. The molecule has 0 bridgehead atoms. The summed E-state index contributed by atoms with van der Waals surface area (Å²) in [4.78, 5) is 14.2. The third kappa shape index (κ3) is 5.11. The minimum Gasteiger partial charge on any atom is -0.390 e. The largest absolute Gasteiger partial charge is 0.390 e. The Hall–Kier alpha value is -1.39. The molecule has 1 aliphatic heterocycles. The molecule has 1 atom stereocenters. The number of carbonyl (C=O) groups excluding carboxylic acids is 1. The molecule has 0 saturated carbocycles. The number of benzene rings is 1. The SMILES string of the molecule is CN(C[C@H]1CCCO1)C(=O)c1cccc(CCC(C)(C)O)c1. The minimum atomic E-state index is -0.684. The van der Waals surface area contributed by atoms with E-state index in [-0.39, 0.29) is 12.0 Å². The minimum absolute atomic E-state index is 0.0283. The second-order valence-electron chi connectivity index (χ2n) is 6.83. The summed E-state index contributed by atoms with van der Waals surface area (Å²) in [6.45, 7) is 5.06. The number of hydrogen-bond acceptors (Lipinski definition) is 3. The highest BCUT2D eigenvalue weighted by molar-refractivity contribution is 5.94. The molecule has 1 amide bonds. The van der Waals surface area contributed by atoms with Crippen molar-refractivity contribution in [1.82, 2.24) is 4.90 Å². The lowest BCUT2D eigenvalue weighted by molar-refractivity contribution is 0.0587. The molecular weight excluding hydrogens is 278 g/mol. The number of ether oxygens (including phenoxy) is 1. The van der Waals surface area contributed by atoms with E-state index in [9.17, 15) is 9.90 Å². The molecule has 1 aliphatic rings. The van der Waals surface area contributed by atoms with Crippen LogP contribution in [-0.4, -0.2) is 47.8 Å². The average Bonchev–Trinajstić information content (AvgIpc) is 2.97. The van der Waals surface area contributed by atoms with Crippen molar-refractivity contribution in [2.75, 3.05) is 20.2 Å². The molecule has 0 unspecified atom stereocenters. The van der Waals surface area contributed by atoms with Crippen molar-refractivity contribution in [3.63, 3.8) is 0 Å². The summed E-state index contributed by atoms with van der Waals surface area (Å²) in [5.74, 6) is 0.0283. The highest BCUT2D eigenvalue weighted by Crippen LogP contribution is 2.17. The quantitative estimate of drug-likeness (QED) is 0.879. The van der Waals surface area contributed by atoms with Crippen molar-refractivity contribution in [1.29, 1.82) is 0 Å². The molecule has 1 saturated heterocycles. The molecule has 1 aromatic carbocycles. The Balaban J connectivity index is 1.96. The molecule has 1 aromatic rings. The van der Waals surface area contributed by atoms with Crippen molar-refractivity contribution in [3.8, 4) is 0 Å². The van der Waals surface area contributed by atoms with Gasteiger partial charge >= 0.3 is 0 Å². The zero-order valence-corrected chi connectivity index (χ0v) is 13.8. The standard InChI is InChI=1S/C18H27NO3/c1-18(2,21)10-9-14-6-4-7-15(12-14)17(20)19(3)13-16-8-5-11-22-16/h4,6-7,12,16,21H,5,8-11,13H2,1-3H3/t16-/m1/s1. The van der Waals surface area contributed by atoms with Gasteiger partial charge in [-0.2, -0.15) is 0 Å². The predicted molar refractivity (Wildman–Crippen MR) is 87.0 cm³/mol. The van der Waals surface area contributed by atoms with Crippen molar-refractivity contribution in [3.05, 3.63) is 35.4 Å². The van der Waals surface area contributed by atoms with Crippen LogP contribution in [-0.2, 0) is 11.2 Å². The van der Waals surface area contributed by atoms with E-state index in [0.29, 0.717) is 18.5 Å². The highest BCUT2D eigenvalue weighted by Gasteiger charge is 2.21. The van der Waals surface area contributed by atoms with Gasteiger partial charge in [0.2, 0.25) is 0 Å². The number of carbonyl (C=O) groups is 1. The Morgan fingerprint density at radius 1 is 1.45 bits per heavy atom. The Morgan fingerprint density at radius 3 is 2.86 bits per heavy atom. The van der Waals surface area contributed by atoms with Crippen LogP contribution in [0.5, 0.6) is 0 Å². The van der Waals surface area contributed by atoms with E-state index >= 15 is 0 Å². The lowest BCUT2D eigenvalue weighted by atomic mass is 9.98. The molecule has 4 heteroatoms. The molecule has 22 heavy (non-hydrogen) atoms. The second-order valence-corrected chi connectivity index (χ2v) is 6.83. The summed E-state index contributed by atoms with van der Waals surface area (Å²) < 4.78 is 5.59. The topological polar surface area (TPSA) is 49.8 Å². The third-order valence-corrected chi connectivity index (χ3v) is 4.05. The number of likely N-dealkylation sites (N-methyl/N-ethyl adjacent to an activating group) is 1. The third-order valence-electron chi connectivity index (χ3n) is 4.05. The van der Waals surface area contributed by atoms with Gasteiger partial charge in [-0.1, -0.05) is 12.1 Å². The molecule has 1 heterocycles. The van der Waals surface area contributed by atoms with Gasteiger partial charge in [-0.05, 0) is 57.2 Å². The summed E-state index contributed by atoms with van der Waals surface area (Å²) >= 11 is 0. The van der Waals surface area contributed by atoms with Gasteiger partial charge in [0.25, 0.3) is 5.91 Å². The Labute approximate surface area is 133 Å². The molecule has 0 aliphatic carbocycles. The lowest BCUT2D eigenvalue weighted by Crippen LogP contribution is -2.34. The number of amides is 1. The van der Waals surface area contributed by atoms with E-state index in [2.05, 4.69) is 0 Å². The van der Waals surface area contributed by atoms with Gasteiger partial charge in [0.05, 0.1) is 11.7 Å². The molecule has 4 nitrogen and oxygen atoms in total. The first-order chi connectivity index (χ1) is 10.3. The van der Waals surface area contributed by atoms with E-state index in [1.54, 1.807) is 18.7 Å². The lowest BCUT2D eigenvalue weighted by Gasteiger charge is -2.21. The highest BCUT2D eigenvalue weighted by atomic mass is 16.5. The van der Waals surface area contributed by atoms with Crippen molar-refractivity contribution < 1.29 is 14.6 Å². The number of aryl methyl sites for hydroxylation is 1. The summed E-state index contributed by atoms with van der Waals surface area (Å²) in [5.41, 5.74) is 1.10. The first-order valence-corrected chi connectivity index (χ1v) is 8.03. The number of nitrogens with zero attached hydrogens (tertiary/aromatic N) is 1.